The molecule has 25 heavy (non-hydrogen) atoms. The van der Waals surface area contributed by atoms with Gasteiger partial charge < -0.3 is 4.74 Å². The fourth-order valence-corrected chi connectivity index (χ4v) is 3.71. The predicted octanol–water partition coefficient (Wildman–Crippen LogP) is 3.70. The van der Waals surface area contributed by atoms with E-state index >= 15 is 0 Å². The highest BCUT2D eigenvalue weighted by Gasteiger charge is 2.13. The molecule has 132 valence electrons. The highest BCUT2D eigenvalue weighted by molar-refractivity contribution is 7.99. The van der Waals surface area contributed by atoms with Crippen LogP contribution in [0.3, 0.4) is 0 Å². The molecular formula is C18H19NO4S2. The van der Waals surface area contributed by atoms with Gasteiger partial charge in [0.25, 0.3) is 10.0 Å². The van der Waals surface area contributed by atoms with Crippen molar-refractivity contribution in [3.63, 3.8) is 0 Å². The summed E-state index contributed by atoms with van der Waals surface area (Å²) in [5, 5.41) is 0. The van der Waals surface area contributed by atoms with Gasteiger partial charge in [-0.2, -0.15) is 0 Å². The topological polar surface area (TPSA) is 72.5 Å². The van der Waals surface area contributed by atoms with E-state index in [0.29, 0.717) is 18.0 Å². The molecule has 0 aromatic heterocycles. The number of nitrogens with one attached hydrogen (secondary N) is 1. The van der Waals surface area contributed by atoms with Crippen LogP contribution in [-0.2, 0) is 19.6 Å². The van der Waals surface area contributed by atoms with Gasteiger partial charge in [0.1, 0.15) is 0 Å². The van der Waals surface area contributed by atoms with Crippen molar-refractivity contribution in [2.75, 3.05) is 17.1 Å². The van der Waals surface area contributed by atoms with Crippen molar-refractivity contribution in [1.82, 2.24) is 0 Å². The largest absolute Gasteiger partial charge is 0.463 e. The lowest BCUT2D eigenvalue weighted by atomic mass is 10.3. The zero-order valence-electron chi connectivity index (χ0n) is 13.7. The Morgan fingerprint density at radius 3 is 2.44 bits per heavy atom. The van der Waals surface area contributed by atoms with Gasteiger partial charge >= 0.3 is 5.97 Å². The molecule has 0 fully saturated rings. The Morgan fingerprint density at radius 1 is 1.12 bits per heavy atom. The van der Waals surface area contributed by atoms with Crippen LogP contribution in [0.25, 0.3) is 0 Å². The van der Waals surface area contributed by atoms with Gasteiger partial charge in [-0.25, -0.2) is 13.2 Å². The molecule has 2 aromatic rings. The van der Waals surface area contributed by atoms with Crippen molar-refractivity contribution in [3.8, 4) is 0 Å². The number of esters is 1. The number of rotatable bonds is 8. The summed E-state index contributed by atoms with van der Waals surface area (Å²) >= 11 is 1.53. The molecule has 0 aliphatic carbocycles. The fourth-order valence-electron chi connectivity index (χ4n) is 1.91. The minimum atomic E-state index is -3.58. The second-order valence-corrected chi connectivity index (χ2v) is 7.68. The van der Waals surface area contributed by atoms with Crippen molar-refractivity contribution in [2.45, 2.75) is 16.7 Å². The number of carbonyl (C=O) groups excluding carboxylic acids is 1. The van der Waals surface area contributed by atoms with Crippen molar-refractivity contribution in [1.29, 1.82) is 0 Å². The molecule has 0 bridgehead atoms. The van der Waals surface area contributed by atoms with Crippen LogP contribution < -0.4 is 4.72 Å². The van der Waals surface area contributed by atoms with Crippen LogP contribution >= 0.6 is 11.8 Å². The van der Waals surface area contributed by atoms with E-state index in [-0.39, 0.29) is 10.9 Å². The lowest BCUT2D eigenvalue weighted by molar-refractivity contribution is -0.137. The molecule has 0 saturated carbocycles. The lowest BCUT2D eigenvalue weighted by Crippen LogP contribution is -2.12. The standard InChI is InChI=1S/C18H19NO4S2/c1-2-23-18(20)9-6-14-24-16-12-10-15(11-13-16)19-25(21,22)17-7-4-3-5-8-17/h3-13,19H,2,14H2,1H3/b9-6+. The first-order valence-electron chi connectivity index (χ1n) is 7.65. The first-order valence-corrected chi connectivity index (χ1v) is 10.1. The van der Waals surface area contributed by atoms with Gasteiger partial charge in [-0.05, 0) is 43.3 Å². The Labute approximate surface area is 152 Å². The van der Waals surface area contributed by atoms with Crippen molar-refractivity contribution in [2.24, 2.45) is 0 Å². The molecule has 2 rings (SSSR count). The molecule has 0 radical (unpaired) electrons. The molecule has 2 aromatic carbocycles. The van der Waals surface area contributed by atoms with Gasteiger partial charge in [-0.3, -0.25) is 4.72 Å². The molecule has 0 amide bonds. The highest BCUT2D eigenvalue weighted by atomic mass is 32.2. The summed E-state index contributed by atoms with van der Waals surface area (Å²) in [5.41, 5.74) is 0.496. The second kappa shape index (κ2) is 9.29. The summed E-state index contributed by atoms with van der Waals surface area (Å²) < 4.78 is 31.8. The molecule has 0 aliphatic rings. The molecule has 0 atom stereocenters. The van der Waals surface area contributed by atoms with Crippen LogP contribution in [-0.4, -0.2) is 26.7 Å². The van der Waals surface area contributed by atoms with Crippen molar-refractivity contribution in [3.05, 3.63) is 66.7 Å². The zero-order chi connectivity index (χ0) is 18.1. The number of sulfonamides is 1. The molecule has 1 N–H and O–H groups in total. The maximum atomic E-state index is 12.2. The minimum absolute atomic E-state index is 0.220. The zero-order valence-corrected chi connectivity index (χ0v) is 15.3. The first kappa shape index (κ1) is 19.1. The summed E-state index contributed by atoms with van der Waals surface area (Å²) in [6.45, 7) is 2.12. The number of hydrogen-bond acceptors (Lipinski definition) is 5. The number of anilines is 1. The Kier molecular flexibility index (Phi) is 7.09. The van der Waals surface area contributed by atoms with Crippen LogP contribution in [0.2, 0.25) is 0 Å². The maximum absolute atomic E-state index is 12.2. The van der Waals surface area contributed by atoms with Crippen LogP contribution in [0.1, 0.15) is 6.92 Å². The monoisotopic (exact) mass is 377 g/mol. The SMILES string of the molecule is CCOC(=O)/C=C/CSc1ccc(NS(=O)(=O)c2ccccc2)cc1. The minimum Gasteiger partial charge on any atom is -0.463 e. The number of ether oxygens (including phenoxy) is 1. The summed E-state index contributed by atoms with van der Waals surface area (Å²) in [6, 6.07) is 15.3. The third-order valence-electron chi connectivity index (χ3n) is 3.05. The predicted molar refractivity (Wildman–Crippen MR) is 100 cm³/mol. The van der Waals surface area contributed by atoms with Gasteiger partial charge in [-0.15, -0.1) is 11.8 Å². The summed E-state index contributed by atoms with van der Waals surface area (Å²) in [7, 11) is -3.58. The summed E-state index contributed by atoms with van der Waals surface area (Å²) in [5.74, 6) is 0.266. The van der Waals surface area contributed by atoms with E-state index in [1.165, 1.54) is 17.8 Å². The van der Waals surface area contributed by atoms with Gasteiger partial charge in [0.05, 0.1) is 11.5 Å². The smallest absolute Gasteiger partial charge is 0.330 e. The van der Waals surface area contributed by atoms with E-state index < -0.39 is 10.0 Å². The first-order chi connectivity index (χ1) is 12.0. The van der Waals surface area contributed by atoms with E-state index in [1.54, 1.807) is 55.5 Å². The Morgan fingerprint density at radius 2 is 1.80 bits per heavy atom. The molecule has 0 spiro atoms. The molecule has 0 aliphatic heterocycles. The lowest BCUT2D eigenvalue weighted by Gasteiger charge is -2.08. The highest BCUT2D eigenvalue weighted by Crippen LogP contribution is 2.22. The molecule has 0 heterocycles. The Hall–Kier alpha value is -2.25. The van der Waals surface area contributed by atoms with Crippen molar-refractivity contribution >= 4 is 33.4 Å². The molecular weight excluding hydrogens is 358 g/mol. The van der Waals surface area contributed by atoms with Crippen LogP contribution in [0.15, 0.2) is 76.5 Å². The van der Waals surface area contributed by atoms with E-state index in [2.05, 4.69) is 4.72 Å². The Bertz CT molecular complexity index is 816. The number of hydrogen-bond donors (Lipinski definition) is 1. The quantitative estimate of drug-likeness (QED) is 0.431. The molecule has 0 unspecified atom stereocenters. The number of carbonyl (C=O) groups is 1. The van der Waals surface area contributed by atoms with Gasteiger partial charge in [0.15, 0.2) is 0 Å². The average molecular weight is 377 g/mol. The van der Waals surface area contributed by atoms with Gasteiger partial charge in [0.2, 0.25) is 0 Å². The summed E-state index contributed by atoms with van der Waals surface area (Å²) in [6.07, 6.45) is 3.13. The third-order valence-corrected chi connectivity index (χ3v) is 5.41. The third kappa shape index (κ3) is 6.28. The normalized spacial score (nSPS) is 11.4. The van der Waals surface area contributed by atoms with E-state index in [9.17, 15) is 13.2 Å². The van der Waals surface area contributed by atoms with Gasteiger partial charge in [-0.1, -0.05) is 24.3 Å². The molecule has 0 saturated heterocycles. The second-order valence-electron chi connectivity index (χ2n) is 4.91. The van der Waals surface area contributed by atoms with Crippen LogP contribution in [0, 0.1) is 0 Å². The van der Waals surface area contributed by atoms with Crippen LogP contribution in [0.5, 0.6) is 0 Å². The van der Waals surface area contributed by atoms with E-state index in [1.807, 2.05) is 12.1 Å². The van der Waals surface area contributed by atoms with Crippen molar-refractivity contribution < 1.29 is 17.9 Å². The fraction of sp³-hybridized carbons (Fsp3) is 0.167. The molecule has 5 nitrogen and oxygen atoms in total. The molecule has 7 heteroatoms. The number of benzene rings is 2. The summed E-state index contributed by atoms with van der Waals surface area (Å²) in [4.78, 5) is 12.4. The van der Waals surface area contributed by atoms with E-state index in [0.717, 1.165) is 4.90 Å². The average Bonchev–Trinajstić information content (AvgIpc) is 2.61. The van der Waals surface area contributed by atoms with Gasteiger partial charge in [0, 0.05) is 22.4 Å². The maximum Gasteiger partial charge on any atom is 0.330 e. The van der Waals surface area contributed by atoms with Crippen LogP contribution in [0.4, 0.5) is 5.69 Å². The van der Waals surface area contributed by atoms with E-state index in [4.69, 9.17) is 4.74 Å². The Balaban J connectivity index is 1.91. The number of thioether (sulfide) groups is 1.